The molecule has 1 aromatic carbocycles. The summed E-state index contributed by atoms with van der Waals surface area (Å²) >= 11 is 0. The Kier molecular flexibility index (Phi) is 7.79. The minimum Gasteiger partial charge on any atom is -0.454 e. The van der Waals surface area contributed by atoms with Crippen molar-refractivity contribution < 1.29 is 28.5 Å². The van der Waals surface area contributed by atoms with Gasteiger partial charge in [-0.05, 0) is 17.7 Å². The van der Waals surface area contributed by atoms with Crippen molar-refractivity contribution in [2.45, 2.75) is 19.2 Å². The van der Waals surface area contributed by atoms with Gasteiger partial charge in [0.25, 0.3) is 5.91 Å². The van der Waals surface area contributed by atoms with Crippen molar-refractivity contribution in [3.8, 4) is 11.5 Å². The number of oxazole rings is 1. The summed E-state index contributed by atoms with van der Waals surface area (Å²) in [5.74, 6) is 1.65. The van der Waals surface area contributed by atoms with Gasteiger partial charge in [0, 0.05) is 58.9 Å². The van der Waals surface area contributed by atoms with Gasteiger partial charge in [0.05, 0.1) is 25.9 Å². The summed E-state index contributed by atoms with van der Waals surface area (Å²) in [6.45, 7) is 9.25. The molecule has 0 spiro atoms. The van der Waals surface area contributed by atoms with Crippen LogP contribution in [0.3, 0.4) is 0 Å². The number of amides is 1. The maximum absolute atomic E-state index is 12.5. The highest BCUT2D eigenvalue weighted by Gasteiger charge is 2.23. The van der Waals surface area contributed by atoms with E-state index in [0.29, 0.717) is 43.6 Å². The second-order valence-corrected chi connectivity index (χ2v) is 9.14. The van der Waals surface area contributed by atoms with E-state index in [9.17, 15) is 9.90 Å². The van der Waals surface area contributed by atoms with Gasteiger partial charge in [-0.25, -0.2) is 4.98 Å². The summed E-state index contributed by atoms with van der Waals surface area (Å²) in [6, 6.07) is 5.59. The molecule has 3 aliphatic rings. The third-order valence-electron chi connectivity index (χ3n) is 6.54. The van der Waals surface area contributed by atoms with Crippen LogP contribution in [0.25, 0.3) is 0 Å². The van der Waals surface area contributed by atoms with Gasteiger partial charge in [-0.2, -0.15) is 0 Å². The second-order valence-electron chi connectivity index (χ2n) is 9.14. The summed E-state index contributed by atoms with van der Waals surface area (Å²) in [6.07, 6.45) is 1.05. The van der Waals surface area contributed by atoms with E-state index >= 15 is 0 Å². The highest BCUT2D eigenvalue weighted by molar-refractivity contribution is 5.91. The highest BCUT2D eigenvalue weighted by atomic mass is 16.7. The molecule has 0 saturated carbocycles. The molecule has 4 heterocycles. The third-order valence-corrected chi connectivity index (χ3v) is 6.54. The number of rotatable bonds is 9. The fraction of sp³-hybridized carbons (Fsp3) is 0.583. The van der Waals surface area contributed by atoms with E-state index in [0.717, 1.165) is 58.0 Å². The molecule has 11 nitrogen and oxygen atoms in total. The van der Waals surface area contributed by atoms with E-state index < -0.39 is 0 Å². The van der Waals surface area contributed by atoms with Crippen LogP contribution < -0.4 is 14.8 Å². The van der Waals surface area contributed by atoms with Crippen molar-refractivity contribution in [3.63, 3.8) is 0 Å². The Hall–Kier alpha value is -2.70. The Morgan fingerprint density at radius 1 is 1.00 bits per heavy atom. The first-order valence-electron chi connectivity index (χ1n) is 12.2. The number of aromatic nitrogens is 1. The molecule has 2 fully saturated rings. The molecule has 3 aliphatic heterocycles. The lowest BCUT2D eigenvalue weighted by Crippen LogP contribution is -2.50. The van der Waals surface area contributed by atoms with Gasteiger partial charge >= 0.3 is 0 Å². The van der Waals surface area contributed by atoms with Gasteiger partial charge in [0.15, 0.2) is 17.2 Å². The monoisotopic (exact) mass is 487 g/mol. The van der Waals surface area contributed by atoms with Crippen LogP contribution in [-0.2, 0) is 17.8 Å². The summed E-state index contributed by atoms with van der Waals surface area (Å²) in [5, 5.41) is 13.3. The van der Waals surface area contributed by atoms with Gasteiger partial charge in [-0.15, -0.1) is 0 Å². The molecule has 0 radical (unpaired) electrons. The predicted molar refractivity (Wildman–Crippen MR) is 125 cm³/mol. The van der Waals surface area contributed by atoms with Crippen LogP contribution >= 0.6 is 0 Å². The lowest BCUT2D eigenvalue weighted by Gasteiger charge is -2.36. The fourth-order valence-corrected chi connectivity index (χ4v) is 4.57. The Morgan fingerprint density at radius 3 is 2.51 bits per heavy atom. The molecule has 1 atom stereocenters. The van der Waals surface area contributed by atoms with Crippen LogP contribution in [0.5, 0.6) is 11.5 Å². The molecule has 2 aromatic rings. The van der Waals surface area contributed by atoms with Crippen LogP contribution in [-0.4, -0.2) is 109 Å². The summed E-state index contributed by atoms with van der Waals surface area (Å²) < 4.78 is 21.6. The van der Waals surface area contributed by atoms with Gasteiger partial charge in [0.2, 0.25) is 12.7 Å². The number of nitrogens with zero attached hydrogens (tertiary/aromatic N) is 4. The second kappa shape index (κ2) is 11.4. The zero-order valence-corrected chi connectivity index (χ0v) is 19.9. The topological polar surface area (TPSA) is 113 Å². The number of carbonyl (C=O) groups is 1. The Bertz CT molecular complexity index is 987. The average molecular weight is 488 g/mol. The number of piperazine rings is 1. The van der Waals surface area contributed by atoms with E-state index in [1.54, 1.807) is 0 Å². The zero-order valence-electron chi connectivity index (χ0n) is 19.9. The van der Waals surface area contributed by atoms with Crippen LogP contribution in [0.4, 0.5) is 0 Å². The normalized spacial score (nSPS) is 20.1. The number of β-amino-alcohol motifs (C(OH)–C–C–N with tert-alkyl or cyclic N) is 1. The van der Waals surface area contributed by atoms with Crippen LogP contribution in [0.2, 0.25) is 0 Å². The Balaban J connectivity index is 1.02. The minimum atomic E-state index is -0.356. The molecule has 5 rings (SSSR count). The number of benzene rings is 1. The van der Waals surface area contributed by atoms with E-state index in [-0.39, 0.29) is 24.5 Å². The van der Waals surface area contributed by atoms with E-state index in [1.165, 1.54) is 6.26 Å². The lowest BCUT2D eigenvalue weighted by atomic mass is 10.2. The van der Waals surface area contributed by atoms with Crippen LogP contribution in [0, 0.1) is 0 Å². The SMILES string of the molecule is O=C(NCc1ccc2c(c1)OCO2)c1coc(CN2CCN(C[C@H](O)CN3CCOCC3)CC2)n1. The number of fused-ring (bicyclic) bond motifs is 1. The Labute approximate surface area is 204 Å². The quantitative estimate of drug-likeness (QED) is 0.507. The standard InChI is InChI=1S/C24H33N5O6/c30-19(14-29-7-9-32-10-8-29)13-27-3-5-28(6-4-27)15-23-26-20(16-33-23)24(31)25-12-18-1-2-21-22(11-18)35-17-34-21/h1-2,11,16,19,30H,3-10,12-15,17H2,(H,25,31)/t19-/m0/s1. The zero-order chi connectivity index (χ0) is 24.0. The first-order valence-corrected chi connectivity index (χ1v) is 12.2. The predicted octanol–water partition coefficient (Wildman–Crippen LogP) is 0.144. The number of carbonyl (C=O) groups excluding carboxylic acids is 1. The summed E-state index contributed by atoms with van der Waals surface area (Å²) in [7, 11) is 0. The number of hydrogen-bond acceptors (Lipinski definition) is 10. The molecule has 2 saturated heterocycles. The maximum Gasteiger partial charge on any atom is 0.273 e. The number of nitrogens with one attached hydrogen (secondary N) is 1. The van der Waals surface area contributed by atoms with Crippen molar-refractivity contribution >= 4 is 5.91 Å². The number of ether oxygens (including phenoxy) is 3. The van der Waals surface area contributed by atoms with Gasteiger partial charge in [0.1, 0.15) is 6.26 Å². The molecule has 190 valence electrons. The van der Waals surface area contributed by atoms with Crippen molar-refractivity contribution in [1.82, 2.24) is 25.0 Å². The van der Waals surface area contributed by atoms with Gasteiger partial charge < -0.3 is 29.1 Å². The van der Waals surface area contributed by atoms with Crippen LogP contribution in [0.1, 0.15) is 21.9 Å². The summed E-state index contributed by atoms with van der Waals surface area (Å²) in [4.78, 5) is 23.7. The van der Waals surface area contributed by atoms with Crippen molar-refractivity contribution in [3.05, 3.63) is 41.6 Å². The molecular formula is C24H33N5O6. The first kappa shape index (κ1) is 24.0. The van der Waals surface area contributed by atoms with E-state index in [1.807, 2.05) is 18.2 Å². The van der Waals surface area contributed by atoms with E-state index in [4.69, 9.17) is 18.6 Å². The Morgan fingerprint density at radius 2 is 1.71 bits per heavy atom. The van der Waals surface area contributed by atoms with E-state index in [2.05, 4.69) is 25.0 Å². The van der Waals surface area contributed by atoms with Crippen LogP contribution in [0.15, 0.2) is 28.9 Å². The molecule has 0 aliphatic carbocycles. The molecule has 11 heteroatoms. The molecule has 1 aromatic heterocycles. The fourth-order valence-electron chi connectivity index (χ4n) is 4.57. The lowest BCUT2D eigenvalue weighted by molar-refractivity contribution is 0.00187. The average Bonchev–Trinajstić information content (AvgIpc) is 3.54. The smallest absolute Gasteiger partial charge is 0.273 e. The van der Waals surface area contributed by atoms with Gasteiger partial charge in [-0.1, -0.05) is 6.07 Å². The molecular weight excluding hydrogens is 454 g/mol. The first-order chi connectivity index (χ1) is 17.1. The summed E-state index contributed by atoms with van der Waals surface area (Å²) in [5.41, 5.74) is 1.19. The molecule has 2 N–H and O–H groups in total. The van der Waals surface area contributed by atoms with Gasteiger partial charge in [-0.3, -0.25) is 19.5 Å². The highest BCUT2D eigenvalue weighted by Crippen LogP contribution is 2.32. The molecule has 0 unspecified atom stereocenters. The van der Waals surface area contributed by atoms with Crippen molar-refractivity contribution in [2.75, 3.05) is 72.4 Å². The number of aliphatic hydroxyl groups is 1. The largest absolute Gasteiger partial charge is 0.454 e. The number of aliphatic hydroxyl groups excluding tert-OH is 1. The van der Waals surface area contributed by atoms with Crippen molar-refractivity contribution in [2.24, 2.45) is 0 Å². The molecule has 1 amide bonds. The maximum atomic E-state index is 12.5. The van der Waals surface area contributed by atoms with Crippen molar-refractivity contribution in [1.29, 1.82) is 0 Å². The number of morpholine rings is 1. The molecule has 0 bridgehead atoms. The third kappa shape index (κ3) is 6.50. The number of hydrogen-bond donors (Lipinski definition) is 2. The minimum absolute atomic E-state index is 0.221. The molecule has 35 heavy (non-hydrogen) atoms.